The van der Waals surface area contributed by atoms with Gasteiger partial charge in [-0.1, -0.05) is 117 Å². The second kappa shape index (κ2) is 16.5. The summed E-state index contributed by atoms with van der Waals surface area (Å²) in [6.07, 6.45) is 28.1. The third-order valence-corrected chi connectivity index (χ3v) is 7.62. The Labute approximate surface area is 164 Å². The van der Waals surface area contributed by atoms with Crippen LogP contribution in [0.3, 0.4) is 0 Å². The van der Waals surface area contributed by atoms with E-state index in [1.54, 1.807) is 0 Å². The molecule has 0 aliphatic carbocycles. The third-order valence-electron chi connectivity index (χ3n) is 6.31. The molecule has 1 rings (SSSR count). The molecule has 1 aliphatic heterocycles. The van der Waals surface area contributed by atoms with Crippen LogP contribution in [0.15, 0.2) is 0 Å². The summed E-state index contributed by atoms with van der Waals surface area (Å²) in [5, 5.41) is 0. The predicted octanol–water partition coefficient (Wildman–Crippen LogP) is 9.17. The lowest BCUT2D eigenvalue weighted by Gasteiger charge is -2.28. The van der Waals surface area contributed by atoms with E-state index in [2.05, 4.69) is 25.6 Å². The van der Waals surface area contributed by atoms with Gasteiger partial charge in [0.05, 0.1) is 0 Å². The second-order valence-electron chi connectivity index (χ2n) is 8.75. The molecule has 0 atom stereocenters. The molecule has 0 aromatic rings. The van der Waals surface area contributed by atoms with E-state index >= 15 is 0 Å². The first-order chi connectivity index (χ1) is 12.3. The van der Waals surface area contributed by atoms with Gasteiger partial charge in [-0.3, -0.25) is 0 Å². The maximum absolute atomic E-state index is 2.31. The minimum atomic E-state index is 0.745. The zero-order valence-corrected chi connectivity index (χ0v) is 18.6. The van der Waals surface area contributed by atoms with Gasteiger partial charge in [0.2, 0.25) is 0 Å². The molecule has 1 saturated heterocycles. The topological polar surface area (TPSA) is 0 Å². The molecule has 1 aliphatic rings. The van der Waals surface area contributed by atoms with Gasteiger partial charge in [0.25, 0.3) is 0 Å². The Bertz CT molecular complexity index is 245. The van der Waals surface area contributed by atoms with Crippen LogP contribution in [0.4, 0.5) is 0 Å². The van der Waals surface area contributed by atoms with Gasteiger partial charge in [-0.2, -0.15) is 11.8 Å². The SMILES string of the molecule is CCCCCCCCCCC1(CCCCCCCCCC)CCSC1. The maximum atomic E-state index is 2.31. The summed E-state index contributed by atoms with van der Waals surface area (Å²) in [7, 11) is 0. The van der Waals surface area contributed by atoms with Crippen molar-refractivity contribution in [2.45, 2.75) is 136 Å². The first kappa shape index (κ1) is 23.4. The fraction of sp³-hybridized carbons (Fsp3) is 1.00. The number of unbranched alkanes of at least 4 members (excludes halogenated alkanes) is 14. The minimum Gasteiger partial charge on any atom is -0.161 e. The number of thioether (sulfide) groups is 1. The first-order valence-electron chi connectivity index (χ1n) is 11.9. The van der Waals surface area contributed by atoms with Crippen molar-refractivity contribution in [3.63, 3.8) is 0 Å². The van der Waals surface area contributed by atoms with E-state index in [1.165, 1.54) is 134 Å². The fourth-order valence-corrected chi connectivity index (χ4v) is 6.02. The van der Waals surface area contributed by atoms with Gasteiger partial charge in [-0.15, -0.1) is 0 Å². The van der Waals surface area contributed by atoms with Gasteiger partial charge in [0.1, 0.15) is 0 Å². The van der Waals surface area contributed by atoms with Crippen molar-refractivity contribution in [2.75, 3.05) is 11.5 Å². The van der Waals surface area contributed by atoms with Crippen LogP contribution < -0.4 is 0 Å². The molecule has 0 N–H and O–H groups in total. The Morgan fingerprint density at radius 2 is 0.960 bits per heavy atom. The van der Waals surface area contributed by atoms with Gasteiger partial charge in [0.15, 0.2) is 0 Å². The monoisotopic (exact) mass is 368 g/mol. The lowest BCUT2D eigenvalue weighted by Crippen LogP contribution is -2.20. The summed E-state index contributed by atoms with van der Waals surface area (Å²) in [5.74, 6) is 2.91. The van der Waals surface area contributed by atoms with Crippen LogP contribution in [0, 0.1) is 5.41 Å². The van der Waals surface area contributed by atoms with E-state index in [-0.39, 0.29) is 0 Å². The lowest BCUT2D eigenvalue weighted by molar-refractivity contribution is 0.260. The molecule has 150 valence electrons. The van der Waals surface area contributed by atoms with Crippen LogP contribution in [0.1, 0.15) is 136 Å². The Kier molecular flexibility index (Phi) is 15.5. The third kappa shape index (κ3) is 12.4. The van der Waals surface area contributed by atoms with Crippen LogP contribution in [-0.4, -0.2) is 11.5 Å². The minimum absolute atomic E-state index is 0.745. The molecule has 0 aromatic carbocycles. The smallest absolute Gasteiger partial charge is 0.00105 e. The van der Waals surface area contributed by atoms with E-state index in [0.717, 1.165) is 5.41 Å². The van der Waals surface area contributed by atoms with Crippen molar-refractivity contribution in [3.05, 3.63) is 0 Å². The molecule has 0 saturated carbocycles. The summed E-state index contributed by atoms with van der Waals surface area (Å²) in [6, 6.07) is 0. The molecule has 25 heavy (non-hydrogen) atoms. The molecule has 0 aromatic heterocycles. The molecule has 0 spiro atoms. The second-order valence-corrected chi connectivity index (χ2v) is 9.86. The summed E-state index contributed by atoms with van der Waals surface area (Å²) < 4.78 is 0. The number of hydrogen-bond donors (Lipinski definition) is 0. The van der Waals surface area contributed by atoms with E-state index in [0.29, 0.717) is 0 Å². The standard InChI is InChI=1S/C24H48S/c1-3-5-7-9-11-13-15-17-19-24(21-22-25-23-24)20-18-16-14-12-10-8-6-4-2/h3-23H2,1-2H3. The van der Waals surface area contributed by atoms with E-state index in [4.69, 9.17) is 0 Å². The molecule has 1 heterocycles. The van der Waals surface area contributed by atoms with Gasteiger partial charge in [-0.05, 0) is 36.2 Å². The van der Waals surface area contributed by atoms with E-state index in [9.17, 15) is 0 Å². The average molecular weight is 369 g/mol. The van der Waals surface area contributed by atoms with Crippen molar-refractivity contribution >= 4 is 11.8 Å². The Hall–Kier alpha value is 0.350. The van der Waals surface area contributed by atoms with Crippen molar-refractivity contribution in [1.82, 2.24) is 0 Å². The van der Waals surface area contributed by atoms with Gasteiger partial charge < -0.3 is 0 Å². The van der Waals surface area contributed by atoms with Gasteiger partial charge in [0, 0.05) is 0 Å². The fourth-order valence-electron chi connectivity index (χ4n) is 4.44. The van der Waals surface area contributed by atoms with E-state index in [1.807, 2.05) is 0 Å². The van der Waals surface area contributed by atoms with Crippen molar-refractivity contribution in [1.29, 1.82) is 0 Å². The zero-order chi connectivity index (χ0) is 18.1. The summed E-state index contributed by atoms with van der Waals surface area (Å²) in [5.41, 5.74) is 0.745. The molecule has 0 amide bonds. The highest BCUT2D eigenvalue weighted by atomic mass is 32.2. The molecule has 0 nitrogen and oxygen atoms in total. The molecule has 0 bridgehead atoms. The van der Waals surface area contributed by atoms with Crippen molar-refractivity contribution in [2.24, 2.45) is 5.41 Å². The van der Waals surface area contributed by atoms with Crippen LogP contribution >= 0.6 is 11.8 Å². The van der Waals surface area contributed by atoms with Crippen LogP contribution in [0.25, 0.3) is 0 Å². The van der Waals surface area contributed by atoms with E-state index < -0.39 is 0 Å². The molecule has 0 radical (unpaired) electrons. The number of rotatable bonds is 18. The summed E-state index contributed by atoms with van der Waals surface area (Å²) >= 11 is 2.24. The first-order valence-corrected chi connectivity index (χ1v) is 13.1. The molecule has 1 fully saturated rings. The lowest BCUT2D eigenvalue weighted by atomic mass is 9.77. The van der Waals surface area contributed by atoms with Gasteiger partial charge >= 0.3 is 0 Å². The van der Waals surface area contributed by atoms with Crippen molar-refractivity contribution < 1.29 is 0 Å². The Balaban J connectivity index is 2.01. The summed E-state index contributed by atoms with van der Waals surface area (Å²) in [4.78, 5) is 0. The normalized spacial score (nSPS) is 16.6. The Morgan fingerprint density at radius 1 is 0.560 bits per heavy atom. The highest BCUT2D eigenvalue weighted by molar-refractivity contribution is 7.99. The number of hydrogen-bond acceptors (Lipinski definition) is 1. The zero-order valence-electron chi connectivity index (χ0n) is 17.8. The predicted molar refractivity (Wildman–Crippen MR) is 119 cm³/mol. The van der Waals surface area contributed by atoms with Gasteiger partial charge in [-0.25, -0.2) is 0 Å². The molecule has 0 unspecified atom stereocenters. The maximum Gasteiger partial charge on any atom is -0.00105 e. The average Bonchev–Trinajstić information content (AvgIpc) is 3.09. The van der Waals surface area contributed by atoms with Crippen molar-refractivity contribution in [3.8, 4) is 0 Å². The van der Waals surface area contributed by atoms with Crippen LogP contribution in [-0.2, 0) is 0 Å². The van der Waals surface area contributed by atoms with Crippen LogP contribution in [0.5, 0.6) is 0 Å². The molecular formula is C24H48S. The largest absolute Gasteiger partial charge is 0.161 e. The van der Waals surface area contributed by atoms with Crippen LogP contribution in [0.2, 0.25) is 0 Å². The molecule has 1 heteroatoms. The summed E-state index contributed by atoms with van der Waals surface area (Å²) in [6.45, 7) is 4.62. The Morgan fingerprint density at radius 3 is 1.32 bits per heavy atom. The quantitative estimate of drug-likeness (QED) is 0.217. The molecular weight excluding hydrogens is 320 g/mol. The highest BCUT2D eigenvalue weighted by Crippen LogP contribution is 2.44. The highest BCUT2D eigenvalue weighted by Gasteiger charge is 2.32.